The second kappa shape index (κ2) is 3.31. The monoisotopic (exact) mass is 238 g/mol. The van der Waals surface area contributed by atoms with Crippen LogP contribution in [0.1, 0.15) is 6.92 Å². The first-order valence-electron chi connectivity index (χ1n) is 2.84. The fourth-order valence-corrected chi connectivity index (χ4v) is 0.607. The van der Waals surface area contributed by atoms with E-state index in [1.54, 1.807) is 0 Å². The average molecular weight is 238 g/mol. The first-order chi connectivity index (χ1) is 3.77. The van der Waals surface area contributed by atoms with Gasteiger partial charge in [-0.1, -0.05) is 0 Å². The molecule has 0 radical (unpaired) electrons. The Morgan fingerprint density at radius 3 is 2.44 bits per heavy atom. The summed E-state index contributed by atoms with van der Waals surface area (Å²) < 4.78 is 0.847. The van der Waals surface area contributed by atoms with Gasteiger partial charge >= 0.3 is 0 Å². The molecule has 1 aliphatic heterocycles. The maximum absolute atomic E-state index is 3.97. The third-order valence-corrected chi connectivity index (χ3v) is 1.51. The van der Waals surface area contributed by atoms with E-state index < -0.39 is 0 Å². The highest BCUT2D eigenvalue weighted by atomic mass is 127. The first-order valence-corrected chi connectivity index (χ1v) is 2.84. The van der Waals surface area contributed by atoms with Gasteiger partial charge in [-0.05, 0) is 6.92 Å². The van der Waals surface area contributed by atoms with Crippen molar-refractivity contribution in [3.63, 3.8) is 0 Å². The molecule has 0 saturated heterocycles. The Hall–Kier alpha value is 0.100. The number of aliphatic imine (C=N–C) groups is 1. The van der Waals surface area contributed by atoms with Gasteiger partial charge in [0.1, 0.15) is 6.20 Å². The molecule has 0 fully saturated rings. The van der Waals surface area contributed by atoms with Gasteiger partial charge in [0.25, 0.3) is 0 Å². The predicted octanol–water partition coefficient (Wildman–Crippen LogP) is -2.03. The summed E-state index contributed by atoms with van der Waals surface area (Å²) in [6, 6.07) is 0. The number of quaternary nitrogens is 1. The summed E-state index contributed by atoms with van der Waals surface area (Å²) in [5.74, 6) is 0. The number of rotatable bonds is 1. The molecule has 3 heteroatoms. The minimum Gasteiger partial charge on any atom is -1.00 e. The zero-order valence-electron chi connectivity index (χ0n) is 5.71. The second-order valence-corrected chi connectivity index (χ2v) is 2.23. The molecule has 0 spiro atoms. The van der Waals surface area contributed by atoms with E-state index in [1.165, 1.54) is 0 Å². The summed E-state index contributed by atoms with van der Waals surface area (Å²) >= 11 is 0. The Morgan fingerprint density at radius 1 is 1.56 bits per heavy atom. The summed E-state index contributed by atoms with van der Waals surface area (Å²) in [5.41, 5.74) is 0. The van der Waals surface area contributed by atoms with Crippen LogP contribution in [-0.4, -0.2) is 24.4 Å². The summed E-state index contributed by atoms with van der Waals surface area (Å²) in [6.45, 7) is 3.22. The van der Waals surface area contributed by atoms with Crippen LogP contribution in [0, 0.1) is 0 Å². The van der Waals surface area contributed by atoms with Gasteiger partial charge in [0.2, 0.25) is 0 Å². The molecule has 0 aromatic heterocycles. The molecular weight excluding hydrogens is 227 g/mol. The molecule has 0 aliphatic carbocycles. The van der Waals surface area contributed by atoms with Crippen LogP contribution in [-0.2, 0) is 0 Å². The Labute approximate surface area is 72.9 Å². The molecule has 1 rings (SSSR count). The maximum Gasteiger partial charge on any atom is 0.194 e. The number of hydrogen-bond acceptors (Lipinski definition) is 1. The predicted molar refractivity (Wildman–Crippen MR) is 34.4 cm³/mol. The zero-order valence-corrected chi connectivity index (χ0v) is 7.87. The lowest BCUT2D eigenvalue weighted by Crippen LogP contribution is -3.00. The molecule has 0 bridgehead atoms. The van der Waals surface area contributed by atoms with E-state index >= 15 is 0 Å². The van der Waals surface area contributed by atoms with Crippen LogP contribution in [0.2, 0.25) is 0 Å². The first kappa shape index (κ1) is 9.10. The molecule has 9 heavy (non-hydrogen) atoms. The van der Waals surface area contributed by atoms with Crippen LogP contribution in [0.25, 0.3) is 0 Å². The molecule has 0 saturated carbocycles. The maximum atomic E-state index is 3.97. The molecular formula is C6H11IN2. The molecule has 1 heterocycles. The molecule has 1 unspecified atom stereocenters. The molecule has 0 aromatic carbocycles. The van der Waals surface area contributed by atoms with Gasteiger partial charge < -0.3 is 24.0 Å². The lowest BCUT2D eigenvalue weighted by Gasteiger charge is -2.18. The third-order valence-electron chi connectivity index (χ3n) is 1.51. The van der Waals surface area contributed by atoms with Crippen molar-refractivity contribution in [1.82, 2.24) is 0 Å². The van der Waals surface area contributed by atoms with Crippen LogP contribution < -0.4 is 24.0 Å². The molecule has 1 aliphatic rings. The zero-order chi connectivity index (χ0) is 6.04. The van der Waals surface area contributed by atoms with Crippen LogP contribution in [0.5, 0.6) is 0 Å². The number of hydrogen-bond donors (Lipinski definition) is 0. The summed E-state index contributed by atoms with van der Waals surface area (Å²) in [4.78, 5) is 3.97. The van der Waals surface area contributed by atoms with E-state index in [2.05, 4.69) is 25.2 Å². The van der Waals surface area contributed by atoms with E-state index in [-0.39, 0.29) is 24.0 Å². The van der Waals surface area contributed by atoms with Crippen molar-refractivity contribution < 1.29 is 28.5 Å². The normalized spacial score (nSPS) is 30.4. The van der Waals surface area contributed by atoms with Gasteiger partial charge in [0.05, 0.1) is 19.8 Å². The topological polar surface area (TPSA) is 12.4 Å². The fraction of sp³-hybridized carbons (Fsp3) is 0.500. The molecule has 0 N–H and O–H groups in total. The largest absolute Gasteiger partial charge is 1.00 e. The van der Waals surface area contributed by atoms with Crippen molar-refractivity contribution in [3.05, 3.63) is 12.4 Å². The summed E-state index contributed by atoms with van der Waals surface area (Å²) in [6.07, 6.45) is 5.84. The highest BCUT2D eigenvalue weighted by Gasteiger charge is 2.14. The van der Waals surface area contributed by atoms with Gasteiger partial charge in [-0.3, -0.25) is 4.48 Å². The van der Waals surface area contributed by atoms with Crippen molar-refractivity contribution in [2.75, 3.05) is 13.6 Å². The fourth-order valence-electron chi connectivity index (χ4n) is 0.607. The average Bonchev–Trinajstić information content (AvgIpc) is 2.17. The Bertz CT molecular complexity index is 128. The quantitative estimate of drug-likeness (QED) is 0.369. The van der Waals surface area contributed by atoms with Crippen molar-refractivity contribution >= 4 is 6.34 Å². The second-order valence-electron chi connectivity index (χ2n) is 2.23. The minimum absolute atomic E-state index is 0. The van der Waals surface area contributed by atoms with Crippen LogP contribution >= 0.6 is 0 Å². The molecule has 0 aromatic rings. The van der Waals surface area contributed by atoms with Crippen LogP contribution in [0.15, 0.2) is 17.4 Å². The van der Waals surface area contributed by atoms with Crippen molar-refractivity contribution in [2.45, 2.75) is 6.92 Å². The summed E-state index contributed by atoms with van der Waals surface area (Å²) in [7, 11) is 2.12. The highest BCUT2D eigenvalue weighted by Crippen LogP contribution is 2.04. The molecule has 1 atom stereocenters. The van der Waals surface area contributed by atoms with Gasteiger partial charge in [0, 0.05) is 0 Å². The van der Waals surface area contributed by atoms with Gasteiger partial charge in [-0.2, -0.15) is 0 Å². The third kappa shape index (κ3) is 2.06. The van der Waals surface area contributed by atoms with Crippen LogP contribution in [0.3, 0.4) is 0 Å². The van der Waals surface area contributed by atoms with Gasteiger partial charge in [0.15, 0.2) is 6.34 Å². The lowest BCUT2D eigenvalue weighted by molar-refractivity contribution is -0.753. The van der Waals surface area contributed by atoms with E-state index in [4.69, 9.17) is 0 Å². The molecule has 2 nitrogen and oxygen atoms in total. The standard InChI is InChI=1S/C6H11N2.HI/c1-3-8(2)5-4-7-6-8;/h4-6H,3H2,1-2H3;1H/q+1;/p-1. The van der Waals surface area contributed by atoms with Gasteiger partial charge in [-0.15, -0.1) is 0 Å². The Morgan fingerprint density at radius 2 is 2.22 bits per heavy atom. The Kier molecular flexibility index (Phi) is 3.35. The lowest BCUT2D eigenvalue weighted by atomic mass is 10.5. The van der Waals surface area contributed by atoms with Crippen LogP contribution in [0.4, 0.5) is 0 Å². The smallest absolute Gasteiger partial charge is 0.194 e. The van der Waals surface area contributed by atoms with E-state index in [1.807, 2.05) is 12.5 Å². The molecule has 0 amide bonds. The number of halogens is 1. The van der Waals surface area contributed by atoms with Crippen molar-refractivity contribution in [3.8, 4) is 0 Å². The van der Waals surface area contributed by atoms with Gasteiger partial charge in [-0.25, -0.2) is 4.99 Å². The van der Waals surface area contributed by atoms with Crippen molar-refractivity contribution in [2.24, 2.45) is 4.99 Å². The van der Waals surface area contributed by atoms with E-state index in [0.29, 0.717) is 0 Å². The minimum atomic E-state index is 0. The van der Waals surface area contributed by atoms with E-state index in [0.717, 1.165) is 11.0 Å². The summed E-state index contributed by atoms with van der Waals surface area (Å²) in [5, 5.41) is 0. The van der Waals surface area contributed by atoms with Crippen molar-refractivity contribution in [1.29, 1.82) is 0 Å². The SMILES string of the molecule is CC[N+]1(C)C=CN=C1.[I-]. The molecule has 52 valence electrons. The highest BCUT2D eigenvalue weighted by molar-refractivity contribution is 5.50. The number of nitrogens with zero attached hydrogens (tertiary/aromatic N) is 2. The van der Waals surface area contributed by atoms with E-state index in [9.17, 15) is 0 Å². The Balaban J connectivity index is 0.000000640.